The first-order valence-corrected chi connectivity index (χ1v) is 7.78. The van der Waals surface area contributed by atoms with E-state index in [9.17, 15) is 4.79 Å². The van der Waals surface area contributed by atoms with Gasteiger partial charge in [0, 0.05) is 18.9 Å². The Hall–Kier alpha value is -3.15. The second-order valence-corrected chi connectivity index (χ2v) is 5.50. The van der Waals surface area contributed by atoms with Crippen LogP contribution in [0.4, 0.5) is 10.5 Å². The molecule has 1 aromatic carbocycles. The number of rotatable bonds is 5. The third kappa shape index (κ3) is 3.98. The van der Waals surface area contributed by atoms with Crippen molar-refractivity contribution in [1.82, 2.24) is 20.1 Å². The van der Waals surface area contributed by atoms with E-state index in [1.54, 1.807) is 29.2 Å². The molecule has 3 rings (SSSR count). The van der Waals surface area contributed by atoms with Gasteiger partial charge in [-0.3, -0.25) is 0 Å². The lowest BCUT2D eigenvalue weighted by Gasteiger charge is -2.13. The van der Waals surface area contributed by atoms with Crippen LogP contribution in [0.5, 0.6) is 0 Å². The van der Waals surface area contributed by atoms with Gasteiger partial charge in [0.05, 0.1) is 11.9 Å². The number of anilines is 1. The molecule has 0 aliphatic carbocycles. The second-order valence-electron chi connectivity index (χ2n) is 5.50. The average molecular weight is 321 g/mol. The highest BCUT2D eigenvalue weighted by molar-refractivity contribution is 5.89. The van der Waals surface area contributed by atoms with E-state index in [2.05, 4.69) is 39.8 Å². The average Bonchev–Trinajstić information content (AvgIpc) is 3.16. The molecule has 2 N–H and O–H groups in total. The van der Waals surface area contributed by atoms with E-state index < -0.39 is 0 Å². The summed E-state index contributed by atoms with van der Waals surface area (Å²) >= 11 is 0. The smallest absolute Gasteiger partial charge is 0.319 e. The molecule has 1 atom stereocenters. The monoisotopic (exact) mass is 321 g/mol. The Morgan fingerprint density at radius 3 is 2.67 bits per heavy atom. The van der Waals surface area contributed by atoms with Crippen molar-refractivity contribution in [1.29, 1.82) is 0 Å². The van der Waals surface area contributed by atoms with Gasteiger partial charge in [0.2, 0.25) is 0 Å². The molecule has 0 bridgehead atoms. The van der Waals surface area contributed by atoms with Crippen molar-refractivity contribution in [3.63, 3.8) is 0 Å². The van der Waals surface area contributed by atoms with Crippen LogP contribution in [0.3, 0.4) is 0 Å². The van der Waals surface area contributed by atoms with Crippen molar-refractivity contribution in [3.05, 3.63) is 72.7 Å². The maximum absolute atomic E-state index is 12.0. The molecule has 6 nitrogen and oxygen atoms in total. The van der Waals surface area contributed by atoms with Crippen LogP contribution in [0, 0.1) is 0 Å². The van der Waals surface area contributed by atoms with Gasteiger partial charge in [-0.2, -0.15) is 5.10 Å². The van der Waals surface area contributed by atoms with E-state index in [0.29, 0.717) is 18.1 Å². The molecule has 0 aliphatic heterocycles. The lowest BCUT2D eigenvalue weighted by molar-refractivity contribution is 0.251. The summed E-state index contributed by atoms with van der Waals surface area (Å²) in [6.45, 7) is 2.64. The van der Waals surface area contributed by atoms with Crippen molar-refractivity contribution in [2.24, 2.45) is 0 Å². The predicted molar refractivity (Wildman–Crippen MR) is 93.2 cm³/mol. The van der Waals surface area contributed by atoms with Crippen LogP contribution in [0.1, 0.15) is 18.4 Å². The van der Waals surface area contributed by atoms with Crippen LogP contribution in [0.25, 0.3) is 5.82 Å². The first-order chi connectivity index (χ1) is 11.7. The number of nitrogens with zero attached hydrogens (tertiary/aromatic N) is 3. The largest absolute Gasteiger partial charge is 0.337 e. The fourth-order valence-electron chi connectivity index (χ4n) is 2.32. The highest BCUT2D eigenvalue weighted by Crippen LogP contribution is 2.13. The highest BCUT2D eigenvalue weighted by Gasteiger charge is 2.08. The Morgan fingerprint density at radius 1 is 1.17 bits per heavy atom. The number of amides is 2. The topological polar surface area (TPSA) is 71.8 Å². The molecule has 122 valence electrons. The Labute approximate surface area is 140 Å². The van der Waals surface area contributed by atoms with Crippen LogP contribution in [-0.2, 0) is 0 Å². The van der Waals surface area contributed by atoms with Crippen LogP contribution in [-0.4, -0.2) is 27.3 Å². The van der Waals surface area contributed by atoms with Gasteiger partial charge in [-0.1, -0.05) is 37.3 Å². The number of urea groups is 1. The zero-order valence-electron chi connectivity index (χ0n) is 13.4. The van der Waals surface area contributed by atoms with E-state index in [1.807, 2.05) is 30.5 Å². The third-order valence-electron chi connectivity index (χ3n) is 3.68. The van der Waals surface area contributed by atoms with Crippen molar-refractivity contribution >= 4 is 11.7 Å². The summed E-state index contributed by atoms with van der Waals surface area (Å²) in [5.74, 6) is 0.945. The van der Waals surface area contributed by atoms with Gasteiger partial charge >= 0.3 is 6.03 Å². The molecule has 2 amide bonds. The molecule has 3 aromatic rings. The molecule has 0 saturated heterocycles. The first kappa shape index (κ1) is 15.7. The highest BCUT2D eigenvalue weighted by atomic mass is 16.2. The summed E-state index contributed by atoms with van der Waals surface area (Å²) in [4.78, 5) is 16.3. The van der Waals surface area contributed by atoms with Crippen LogP contribution < -0.4 is 10.6 Å². The van der Waals surface area contributed by atoms with Crippen LogP contribution >= 0.6 is 0 Å². The van der Waals surface area contributed by atoms with Gasteiger partial charge < -0.3 is 10.6 Å². The summed E-state index contributed by atoms with van der Waals surface area (Å²) in [5.41, 5.74) is 1.83. The van der Waals surface area contributed by atoms with Crippen molar-refractivity contribution in [2.75, 3.05) is 11.9 Å². The minimum absolute atomic E-state index is 0.244. The van der Waals surface area contributed by atoms with Gasteiger partial charge in [-0.05, 0) is 29.7 Å². The molecule has 0 radical (unpaired) electrons. The summed E-state index contributed by atoms with van der Waals surface area (Å²) in [6, 6.07) is 15.3. The summed E-state index contributed by atoms with van der Waals surface area (Å²) in [6.07, 6.45) is 5.11. The van der Waals surface area contributed by atoms with Gasteiger partial charge in [0.25, 0.3) is 0 Å². The SMILES string of the molecule is C[C@H](CNC(=O)Nc1ccc(-n2cccn2)nc1)c1ccccc1. The molecular weight excluding hydrogens is 302 g/mol. The Kier molecular flexibility index (Phi) is 4.86. The van der Waals surface area contributed by atoms with Gasteiger partial charge in [-0.25, -0.2) is 14.5 Å². The minimum atomic E-state index is -0.244. The van der Waals surface area contributed by atoms with E-state index in [1.165, 1.54) is 5.56 Å². The fourth-order valence-corrected chi connectivity index (χ4v) is 2.32. The molecular formula is C18H19N5O. The molecule has 6 heteroatoms. The number of carbonyl (C=O) groups excluding carboxylic acids is 1. The Morgan fingerprint density at radius 2 is 2.00 bits per heavy atom. The number of benzene rings is 1. The normalized spacial score (nSPS) is 11.7. The van der Waals surface area contributed by atoms with E-state index in [4.69, 9.17) is 0 Å². The quantitative estimate of drug-likeness (QED) is 0.758. The molecule has 0 unspecified atom stereocenters. The van der Waals surface area contributed by atoms with Gasteiger partial charge in [0.1, 0.15) is 0 Å². The predicted octanol–water partition coefficient (Wildman–Crippen LogP) is 3.19. The van der Waals surface area contributed by atoms with Crippen molar-refractivity contribution < 1.29 is 4.79 Å². The number of hydrogen-bond donors (Lipinski definition) is 2. The number of carbonyl (C=O) groups is 1. The van der Waals surface area contributed by atoms with Crippen LogP contribution in [0.2, 0.25) is 0 Å². The molecule has 24 heavy (non-hydrogen) atoms. The standard InChI is InChI=1S/C18H19N5O/c1-14(15-6-3-2-4-7-15)12-20-18(24)22-16-8-9-17(19-13-16)23-11-5-10-21-23/h2-11,13-14H,12H2,1H3,(H2,20,22,24)/t14-/m1/s1. The van der Waals surface area contributed by atoms with Crippen molar-refractivity contribution in [2.45, 2.75) is 12.8 Å². The van der Waals surface area contributed by atoms with Crippen molar-refractivity contribution in [3.8, 4) is 5.82 Å². The minimum Gasteiger partial charge on any atom is -0.337 e. The number of aromatic nitrogens is 3. The zero-order chi connectivity index (χ0) is 16.8. The Balaban J connectivity index is 1.51. The maximum atomic E-state index is 12.0. The molecule has 0 saturated carbocycles. The second kappa shape index (κ2) is 7.41. The van der Waals surface area contributed by atoms with Gasteiger partial charge in [0.15, 0.2) is 5.82 Å². The lowest BCUT2D eigenvalue weighted by atomic mass is 10.0. The summed E-state index contributed by atoms with van der Waals surface area (Å²) in [7, 11) is 0. The number of pyridine rings is 1. The summed E-state index contributed by atoms with van der Waals surface area (Å²) < 4.78 is 1.66. The summed E-state index contributed by atoms with van der Waals surface area (Å²) in [5, 5.41) is 9.76. The lowest BCUT2D eigenvalue weighted by Crippen LogP contribution is -2.31. The van der Waals surface area contributed by atoms with E-state index in [-0.39, 0.29) is 11.9 Å². The number of nitrogens with one attached hydrogen (secondary N) is 2. The molecule has 2 heterocycles. The van der Waals surface area contributed by atoms with Gasteiger partial charge in [-0.15, -0.1) is 0 Å². The first-order valence-electron chi connectivity index (χ1n) is 7.78. The van der Waals surface area contributed by atoms with E-state index in [0.717, 1.165) is 0 Å². The Bertz CT molecular complexity index is 769. The van der Waals surface area contributed by atoms with Crippen LogP contribution in [0.15, 0.2) is 67.1 Å². The zero-order valence-corrected chi connectivity index (χ0v) is 13.4. The van der Waals surface area contributed by atoms with E-state index >= 15 is 0 Å². The molecule has 2 aromatic heterocycles. The number of hydrogen-bond acceptors (Lipinski definition) is 3. The maximum Gasteiger partial charge on any atom is 0.319 e. The fraction of sp³-hybridized carbons (Fsp3) is 0.167. The molecule has 0 spiro atoms. The molecule has 0 aliphatic rings. The third-order valence-corrected chi connectivity index (χ3v) is 3.68. The molecule has 0 fully saturated rings.